The fourth-order valence-corrected chi connectivity index (χ4v) is 4.11. The van der Waals surface area contributed by atoms with Crippen molar-refractivity contribution < 1.29 is 4.79 Å². The molecule has 2 N–H and O–H groups in total. The summed E-state index contributed by atoms with van der Waals surface area (Å²) in [5.74, 6) is 1.43. The van der Waals surface area contributed by atoms with Gasteiger partial charge < -0.3 is 15.2 Å². The predicted molar refractivity (Wildman–Crippen MR) is 88.0 cm³/mol. The van der Waals surface area contributed by atoms with Gasteiger partial charge >= 0.3 is 6.03 Å². The summed E-state index contributed by atoms with van der Waals surface area (Å²) in [6.07, 6.45) is 10.9. The molecule has 122 valence electrons. The number of piperidine rings is 1. The lowest BCUT2D eigenvalue weighted by molar-refractivity contribution is 0.143. The van der Waals surface area contributed by atoms with E-state index in [4.69, 9.17) is 0 Å². The normalized spacial score (nSPS) is 22.8. The number of nitrogens with one attached hydrogen (secondary N) is 2. The molecule has 4 rings (SSSR count). The second kappa shape index (κ2) is 6.31. The van der Waals surface area contributed by atoms with E-state index in [1.807, 2.05) is 22.7 Å². The van der Waals surface area contributed by atoms with E-state index in [1.54, 1.807) is 17.5 Å². The van der Waals surface area contributed by atoms with Gasteiger partial charge in [-0.15, -0.1) is 11.3 Å². The monoisotopic (exact) mass is 331 g/mol. The lowest BCUT2D eigenvalue weighted by Crippen LogP contribution is -2.46. The molecule has 0 unspecified atom stereocenters. The van der Waals surface area contributed by atoms with E-state index >= 15 is 0 Å². The number of thiazole rings is 1. The number of urea groups is 1. The summed E-state index contributed by atoms with van der Waals surface area (Å²) in [5, 5.41) is 6.23. The summed E-state index contributed by atoms with van der Waals surface area (Å²) in [4.78, 5) is 26.8. The summed E-state index contributed by atoms with van der Waals surface area (Å²) < 4.78 is 0. The fraction of sp³-hybridized carbons (Fsp3) is 0.562. The molecule has 2 atom stereocenters. The number of aromatic nitrogens is 3. The van der Waals surface area contributed by atoms with E-state index in [2.05, 4.69) is 20.3 Å². The Kier molecular flexibility index (Phi) is 4.03. The first-order valence-corrected chi connectivity index (χ1v) is 9.16. The summed E-state index contributed by atoms with van der Waals surface area (Å²) in [6.45, 7) is 0.784. The largest absolute Gasteiger partial charge is 0.347 e. The van der Waals surface area contributed by atoms with Crippen LogP contribution >= 0.6 is 11.3 Å². The van der Waals surface area contributed by atoms with Gasteiger partial charge in [0.05, 0.1) is 12.1 Å². The van der Waals surface area contributed by atoms with Crippen molar-refractivity contribution in [2.24, 2.45) is 5.92 Å². The third kappa shape index (κ3) is 3.10. The minimum absolute atomic E-state index is 0.0122. The van der Waals surface area contributed by atoms with Crippen LogP contribution in [0.1, 0.15) is 55.0 Å². The summed E-state index contributed by atoms with van der Waals surface area (Å²) in [7, 11) is 0. The number of amides is 2. The molecule has 23 heavy (non-hydrogen) atoms. The highest BCUT2D eigenvalue weighted by atomic mass is 32.1. The Morgan fingerprint density at radius 3 is 2.91 bits per heavy atom. The number of H-pyrrole nitrogens is 1. The molecule has 2 fully saturated rings. The van der Waals surface area contributed by atoms with Crippen LogP contribution in [0.3, 0.4) is 0 Å². The Labute approximate surface area is 139 Å². The zero-order chi connectivity index (χ0) is 15.6. The molecule has 0 radical (unpaired) electrons. The number of aromatic amines is 1. The van der Waals surface area contributed by atoms with Crippen molar-refractivity contribution >= 4 is 17.4 Å². The van der Waals surface area contributed by atoms with Crippen LogP contribution in [0.5, 0.6) is 0 Å². The van der Waals surface area contributed by atoms with E-state index in [1.165, 1.54) is 12.8 Å². The number of imidazole rings is 1. The van der Waals surface area contributed by atoms with Gasteiger partial charge in [0.25, 0.3) is 0 Å². The molecule has 1 saturated carbocycles. The first-order valence-electron chi connectivity index (χ1n) is 8.29. The molecule has 0 bridgehead atoms. The van der Waals surface area contributed by atoms with Gasteiger partial charge in [-0.25, -0.2) is 14.8 Å². The smallest absolute Gasteiger partial charge is 0.318 e. The maximum Gasteiger partial charge on any atom is 0.318 e. The molecule has 7 heteroatoms. The predicted octanol–water partition coefficient (Wildman–Crippen LogP) is 3.25. The van der Waals surface area contributed by atoms with Crippen molar-refractivity contribution in [1.29, 1.82) is 0 Å². The number of rotatable bonds is 4. The molecule has 6 nitrogen and oxygen atoms in total. The molecule has 3 heterocycles. The van der Waals surface area contributed by atoms with Crippen LogP contribution in [0.4, 0.5) is 4.79 Å². The average molecular weight is 331 g/mol. The fourth-order valence-electron chi connectivity index (χ4n) is 3.33. The molecule has 0 aromatic carbocycles. The second-order valence-electron chi connectivity index (χ2n) is 6.31. The van der Waals surface area contributed by atoms with Crippen LogP contribution in [-0.2, 0) is 0 Å². The number of carbonyl (C=O) groups is 1. The minimum Gasteiger partial charge on any atom is -0.347 e. The van der Waals surface area contributed by atoms with Crippen LogP contribution in [0.2, 0.25) is 0 Å². The Balaban J connectivity index is 1.50. The molecule has 2 aromatic heterocycles. The molecule has 1 saturated heterocycles. The van der Waals surface area contributed by atoms with Crippen molar-refractivity contribution in [2.75, 3.05) is 6.54 Å². The number of likely N-dealkylation sites (tertiary alicyclic amines) is 1. The van der Waals surface area contributed by atoms with E-state index in [-0.39, 0.29) is 18.1 Å². The Morgan fingerprint density at radius 2 is 2.22 bits per heavy atom. The highest BCUT2D eigenvalue weighted by molar-refractivity contribution is 7.09. The number of nitrogens with zero attached hydrogens (tertiary/aromatic N) is 3. The van der Waals surface area contributed by atoms with Crippen molar-refractivity contribution in [2.45, 2.75) is 44.2 Å². The van der Waals surface area contributed by atoms with Crippen LogP contribution in [-0.4, -0.2) is 32.4 Å². The van der Waals surface area contributed by atoms with Gasteiger partial charge in [0, 0.05) is 30.5 Å². The lowest BCUT2D eigenvalue weighted by Gasteiger charge is -2.35. The van der Waals surface area contributed by atoms with Gasteiger partial charge in [-0.3, -0.25) is 0 Å². The van der Waals surface area contributed by atoms with Gasteiger partial charge in [-0.05, 0) is 38.0 Å². The van der Waals surface area contributed by atoms with Gasteiger partial charge in [0.15, 0.2) is 0 Å². The molecule has 2 aromatic rings. The average Bonchev–Trinajstić information content (AvgIpc) is 3.06. The first kappa shape index (κ1) is 14.7. The molecular weight excluding hydrogens is 310 g/mol. The second-order valence-corrected chi connectivity index (χ2v) is 7.24. The molecular formula is C16H21N5OS. The van der Waals surface area contributed by atoms with Crippen molar-refractivity contribution in [1.82, 2.24) is 25.2 Å². The van der Waals surface area contributed by atoms with E-state index in [0.29, 0.717) is 5.92 Å². The summed E-state index contributed by atoms with van der Waals surface area (Å²) >= 11 is 1.62. The Morgan fingerprint density at radius 1 is 1.30 bits per heavy atom. The maximum absolute atomic E-state index is 12.9. The number of hydrogen-bond donors (Lipinski definition) is 2. The molecule has 1 aliphatic heterocycles. The highest BCUT2D eigenvalue weighted by Gasteiger charge is 2.37. The molecule has 1 aliphatic carbocycles. The van der Waals surface area contributed by atoms with Crippen molar-refractivity contribution in [3.05, 3.63) is 34.8 Å². The zero-order valence-electron chi connectivity index (χ0n) is 12.9. The molecule has 2 aliphatic rings. The molecule has 0 spiro atoms. The number of carbonyl (C=O) groups excluding carboxylic acids is 1. The number of hydrogen-bond acceptors (Lipinski definition) is 4. The maximum atomic E-state index is 12.9. The third-order valence-electron chi connectivity index (χ3n) is 4.69. The van der Waals surface area contributed by atoms with Crippen LogP contribution in [0, 0.1) is 5.92 Å². The van der Waals surface area contributed by atoms with Gasteiger partial charge in [-0.1, -0.05) is 0 Å². The topological polar surface area (TPSA) is 73.9 Å². The summed E-state index contributed by atoms with van der Waals surface area (Å²) in [6, 6.07) is 0.120. The van der Waals surface area contributed by atoms with Crippen molar-refractivity contribution in [3.8, 4) is 0 Å². The van der Waals surface area contributed by atoms with Gasteiger partial charge in [-0.2, -0.15) is 0 Å². The molecule has 2 amide bonds. The SMILES string of the molecule is O=C(N[C@@H](c1nccs1)C1CC1)N1CCCC[C@H]1c1ncc[nH]1. The standard InChI is InChI=1S/C16H21N5OS/c22-16(20-13(11-4-5-11)15-19-8-10-23-15)21-9-2-1-3-12(21)14-17-6-7-18-14/h6-8,10-13H,1-5,9H2,(H,17,18)(H,20,22)/t12-,13+/m0/s1. The Bertz CT molecular complexity index is 637. The van der Waals surface area contributed by atoms with Crippen LogP contribution in [0.25, 0.3) is 0 Å². The van der Waals surface area contributed by atoms with Gasteiger partial charge in [0.2, 0.25) is 0 Å². The van der Waals surface area contributed by atoms with Crippen LogP contribution in [0.15, 0.2) is 24.0 Å². The van der Waals surface area contributed by atoms with E-state index in [9.17, 15) is 4.79 Å². The summed E-state index contributed by atoms with van der Waals surface area (Å²) in [5.41, 5.74) is 0. The quantitative estimate of drug-likeness (QED) is 0.903. The third-order valence-corrected chi connectivity index (χ3v) is 5.55. The first-order chi connectivity index (χ1) is 11.3. The minimum atomic E-state index is 0.0122. The van der Waals surface area contributed by atoms with E-state index < -0.39 is 0 Å². The highest BCUT2D eigenvalue weighted by Crippen LogP contribution is 2.42. The van der Waals surface area contributed by atoms with Gasteiger partial charge in [0.1, 0.15) is 10.8 Å². The lowest BCUT2D eigenvalue weighted by atomic mass is 10.0. The zero-order valence-corrected chi connectivity index (χ0v) is 13.8. The van der Waals surface area contributed by atoms with Crippen LogP contribution < -0.4 is 5.32 Å². The Hall–Kier alpha value is -1.89. The van der Waals surface area contributed by atoms with Crippen molar-refractivity contribution in [3.63, 3.8) is 0 Å². The van der Waals surface area contributed by atoms with E-state index in [0.717, 1.165) is 36.6 Å².